The molecule has 0 amide bonds. The van der Waals surface area contributed by atoms with Crippen molar-refractivity contribution in [2.24, 2.45) is 0 Å². The van der Waals surface area contributed by atoms with Crippen molar-refractivity contribution in [1.82, 2.24) is 4.90 Å². The highest BCUT2D eigenvalue weighted by Crippen LogP contribution is 2.37. The first kappa shape index (κ1) is 17.3. The molecule has 0 radical (unpaired) electrons. The SMILES string of the molecule is CN1CCOC2(C1)CN(c1ccc(B3OC(C)(C)C(C)(C)O3)cc1)C2. The van der Waals surface area contributed by atoms with Crippen LogP contribution in [0, 0.1) is 0 Å². The average molecular weight is 344 g/mol. The van der Waals surface area contributed by atoms with Crippen molar-refractivity contribution in [2.75, 3.05) is 44.7 Å². The van der Waals surface area contributed by atoms with E-state index >= 15 is 0 Å². The second kappa shape index (κ2) is 5.71. The molecule has 6 heteroatoms. The van der Waals surface area contributed by atoms with Crippen molar-refractivity contribution in [2.45, 2.75) is 44.5 Å². The molecule has 3 aliphatic heterocycles. The van der Waals surface area contributed by atoms with Gasteiger partial charge in [-0.15, -0.1) is 0 Å². The van der Waals surface area contributed by atoms with E-state index in [2.05, 4.69) is 68.8 Å². The number of hydrogen-bond acceptors (Lipinski definition) is 5. The molecule has 4 rings (SSSR count). The Kier molecular flexibility index (Phi) is 3.96. The first-order valence-corrected chi connectivity index (χ1v) is 9.23. The highest BCUT2D eigenvalue weighted by molar-refractivity contribution is 6.62. The molecule has 3 aliphatic rings. The summed E-state index contributed by atoms with van der Waals surface area (Å²) in [6.07, 6.45) is 0. The minimum Gasteiger partial charge on any atom is -0.399 e. The summed E-state index contributed by atoms with van der Waals surface area (Å²) in [4.78, 5) is 4.75. The van der Waals surface area contributed by atoms with Crippen molar-refractivity contribution in [3.8, 4) is 0 Å². The zero-order chi connectivity index (χ0) is 17.9. The Bertz CT molecular complexity index is 625. The lowest BCUT2D eigenvalue weighted by Gasteiger charge is -2.54. The third kappa shape index (κ3) is 2.99. The standard InChI is InChI=1S/C19H29BN2O3/c1-17(2)18(3,4)25-20(24-17)15-6-8-16(9-7-15)22-13-19(14-22)12-21(5)10-11-23-19/h6-9H,10-14H2,1-5H3. The third-order valence-corrected chi connectivity index (χ3v) is 6.18. The molecule has 0 aromatic heterocycles. The highest BCUT2D eigenvalue weighted by atomic mass is 16.7. The predicted molar refractivity (Wildman–Crippen MR) is 101 cm³/mol. The molecular formula is C19H29BN2O3. The van der Waals surface area contributed by atoms with Gasteiger partial charge in [-0.05, 0) is 52.3 Å². The zero-order valence-corrected chi connectivity index (χ0v) is 16.0. The third-order valence-electron chi connectivity index (χ3n) is 6.18. The van der Waals surface area contributed by atoms with Crippen LogP contribution < -0.4 is 10.4 Å². The van der Waals surface area contributed by atoms with Gasteiger partial charge >= 0.3 is 7.12 Å². The van der Waals surface area contributed by atoms with Crippen LogP contribution in [0.3, 0.4) is 0 Å². The fourth-order valence-corrected chi connectivity index (χ4v) is 3.88. The van der Waals surface area contributed by atoms with Gasteiger partial charge in [0.25, 0.3) is 0 Å². The van der Waals surface area contributed by atoms with E-state index < -0.39 is 0 Å². The summed E-state index contributed by atoms with van der Waals surface area (Å²) in [5, 5.41) is 0. The number of nitrogens with zero attached hydrogens (tertiary/aromatic N) is 2. The maximum absolute atomic E-state index is 6.13. The monoisotopic (exact) mass is 344 g/mol. The molecule has 3 fully saturated rings. The smallest absolute Gasteiger partial charge is 0.399 e. The van der Waals surface area contributed by atoms with Crippen molar-refractivity contribution in [1.29, 1.82) is 0 Å². The largest absolute Gasteiger partial charge is 0.494 e. The van der Waals surface area contributed by atoms with Gasteiger partial charge in [0.05, 0.1) is 30.9 Å². The maximum Gasteiger partial charge on any atom is 0.494 e. The van der Waals surface area contributed by atoms with Gasteiger partial charge in [-0.1, -0.05) is 12.1 Å². The van der Waals surface area contributed by atoms with Gasteiger partial charge in [-0.3, -0.25) is 0 Å². The van der Waals surface area contributed by atoms with Gasteiger partial charge in [0, 0.05) is 18.8 Å². The summed E-state index contributed by atoms with van der Waals surface area (Å²) in [6, 6.07) is 8.58. The van der Waals surface area contributed by atoms with E-state index in [4.69, 9.17) is 14.0 Å². The van der Waals surface area contributed by atoms with Gasteiger partial charge in [0.15, 0.2) is 0 Å². The molecule has 25 heavy (non-hydrogen) atoms. The molecule has 3 heterocycles. The second-order valence-corrected chi connectivity index (χ2v) is 8.81. The number of ether oxygens (including phenoxy) is 1. The summed E-state index contributed by atoms with van der Waals surface area (Å²) in [7, 11) is 1.88. The molecule has 0 atom stereocenters. The Morgan fingerprint density at radius 2 is 1.52 bits per heavy atom. The van der Waals surface area contributed by atoms with Crippen molar-refractivity contribution in [3.05, 3.63) is 24.3 Å². The molecule has 1 aromatic rings. The number of morpholine rings is 1. The Hall–Kier alpha value is -1.08. The Balaban J connectivity index is 1.41. The first-order valence-electron chi connectivity index (χ1n) is 9.23. The average Bonchev–Trinajstić information content (AvgIpc) is 2.73. The van der Waals surface area contributed by atoms with Gasteiger partial charge in [0.2, 0.25) is 0 Å². The van der Waals surface area contributed by atoms with Crippen LogP contribution >= 0.6 is 0 Å². The molecular weight excluding hydrogens is 315 g/mol. The number of likely N-dealkylation sites (N-methyl/N-ethyl adjacent to an activating group) is 1. The number of hydrogen-bond donors (Lipinski definition) is 0. The molecule has 3 saturated heterocycles. The van der Waals surface area contributed by atoms with Gasteiger partial charge in [-0.2, -0.15) is 0 Å². The van der Waals surface area contributed by atoms with Gasteiger partial charge in [-0.25, -0.2) is 0 Å². The summed E-state index contributed by atoms with van der Waals surface area (Å²) < 4.78 is 18.3. The molecule has 1 spiro atoms. The maximum atomic E-state index is 6.13. The molecule has 5 nitrogen and oxygen atoms in total. The van der Waals surface area contributed by atoms with Gasteiger partial charge < -0.3 is 23.8 Å². The van der Waals surface area contributed by atoms with Gasteiger partial charge in [0.1, 0.15) is 5.60 Å². The normalized spacial score (nSPS) is 27.6. The minimum atomic E-state index is -0.301. The van der Waals surface area contributed by atoms with Crippen LogP contribution in [0.2, 0.25) is 0 Å². The van der Waals surface area contributed by atoms with Crippen LogP contribution in [-0.4, -0.2) is 68.7 Å². The molecule has 0 saturated carbocycles. The van der Waals surface area contributed by atoms with Crippen LogP contribution in [0.4, 0.5) is 5.69 Å². The fraction of sp³-hybridized carbons (Fsp3) is 0.684. The van der Waals surface area contributed by atoms with E-state index in [1.807, 2.05) is 0 Å². The lowest BCUT2D eigenvalue weighted by Crippen LogP contribution is -2.70. The quantitative estimate of drug-likeness (QED) is 0.760. The lowest BCUT2D eigenvalue weighted by atomic mass is 9.79. The highest BCUT2D eigenvalue weighted by Gasteiger charge is 2.52. The number of benzene rings is 1. The predicted octanol–water partition coefficient (Wildman–Crippen LogP) is 1.51. The molecule has 0 unspecified atom stereocenters. The van der Waals surface area contributed by atoms with Crippen LogP contribution in [0.25, 0.3) is 0 Å². The molecule has 0 bridgehead atoms. The van der Waals surface area contributed by atoms with Crippen LogP contribution in [0.1, 0.15) is 27.7 Å². The number of rotatable bonds is 2. The summed E-state index contributed by atoms with van der Waals surface area (Å²) in [5.41, 5.74) is 1.74. The van der Waals surface area contributed by atoms with Crippen LogP contribution in [-0.2, 0) is 14.0 Å². The van der Waals surface area contributed by atoms with E-state index in [1.54, 1.807) is 0 Å². The Morgan fingerprint density at radius 1 is 0.920 bits per heavy atom. The molecule has 136 valence electrons. The van der Waals surface area contributed by atoms with Crippen LogP contribution in [0.15, 0.2) is 24.3 Å². The van der Waals surface area contributed by atoms with E-state index in [1.165, 1.54) is 5.69 Å². The van der Waals surface area contributed by atoms with Crippen molar-refractivity contribution < 1.29 is 14.0 Å². The number of anilines is 1. The Morgan fingerprint density at radius 3 is 2.08 bits per heavy atom. The van der Waals surface area contributed by atoms with E-state index in [9.17, 15) is 0 Å². The van der Waals surface area contributed by atoms with E-state index in [0.29, 0.717) is 0 Å². The second-order valence-electron chi connectivity index (χ2n) is 8.81. The first-order chi connectivity index (χ1) is 11.7. The molecule has 0 aliphatic carbocycles. The Labute approximate surface area is 151 Å². The molecule has 1 aromatic carbocycles. The topological polar surface area (TPSA) is 34.2 Å². The summed E-state index contributed by atoms with van der Waals surface area (Å²) in [6.45, 7) is 13.2. The molecule has 0 N–H and O–H groups in total. The van der Waals surface area contributed by atoms with Crippen LogP contribution in [0.5, 0.6) is 0 Å². The zero-order valence-electron chi connectivity index (χ0n) is 16.0. The lowest BCUT2D eigenvalue weighted by molar-refractivity contribution is -0.117. The van der Waals surface area contributed by atoms with E-state index in [-0.39, 0.29) is 23.9 Å². The minimum absolute atomic E-state index is 0.0252. The van der Waals surface area contributed by atoms with Crippen molar-refractivity contribution >= 4 is 18.3 Å². The van der Waals surface area contributed by atoms with E-state index in [0.717, 1.165) is 38.2 Å². The summed E-state index contributed by atoms with van der Waals surface area (Å²) >= 11 is 0. The summed E-state index contributed by atoms with van der Waals surface area (Å²) in [5.74, 6) is 0. The fourth-order valence-electron chi connectivity index (χ4n) is 3.88. The van der Waals surface area contributed by atoms with Crippen molar-refractivity contribution in [3.63, 3.8) is 0 Å².